The Hall–Kier alpha value is -4.09. The van der Waals surface area contributed by atoms with Crippen molar-refractivity contribution in [3.63, 3.8) is 0 Å². The predicted molar refractivity (Wildman–Crippen MR) is 186 cm³/mol. The summed E-state index contributed by atoms with van der Waals surface area (Å²) >= 11 is 0. The van der Waals surface area contributed by atoms with Crippen LogP contribution in [0.2, 0.25) is 0 Å². The molecule has 51 heavy (non-hydrogen) atoms. The average Bonchev–Trinajstić information content (AvgIpc) is 3.54. The number of ether oxygens (including phenoxy) is 1. The molecule has 0 aromatic carbocycles. The van der Waals surface area contributed by atoms with Crippen molar-refractivity contribution in [2.24, 2.45) is 52.0 Å². The zero-order valence-corrected chi connectivity index (χ0v) is 30.0. The number of carboxylic acid groups (broad SMARTS) is 4. The number of carbonyl (C=O) groups excluding carboxylic acids is 2. The van der Waals surface area contributed by atoms with E-state index in [9.17, 15) is 28.8 Å². The standard InChI is InChI=1S/C12H25N3O3.C6H9N3O2.C6H13NO2.C3H7NO3.C3H7NO2/c1-8(2)7-10(15)12(17)18-11(16)9(14)5-3-4-6-13;7-5(6(10)11)1-4-2-8-3-9-4;1-4(2)3-5(7)6(8)9;4-2(1-5)3(6)7;1-2(4)3(5)6/h8-10H,3-7,13-15H2,1-2H3;2-3,5H,1,7H2,(H,8,9)(H,10,11);4-5H,3,7H2,1-2H3,(H,8,9);2,5H,1,4H2,(H,6,7);2H,4H2,1H3,(H,5,6)/t9-,10+;2*5-;2*2-/m00011/s1. The van der Waals surface area contributed by atoms with Crippen LogP contribution in [0.25, 0.3) is 0 Å². The minimum Gasteiger partial charge on any atom is -0.480 e. The van der Waals surface area contributed by atoms with Gasteiger partial charge in [-0.3, -0.25) is 19.2 Å². The Morgan fingerprint density at radius 1 is 0.686 bits per heavy atom. The van der Waals surface area contributed by atoms with Gasteiger partial charge in [0.2, 0.25) is 0 Å². The second kappa shape index (κ2) is 31.9. The smallest absolute Gasteiger partial charge is 0.330 e. The van der Waals surface area contributed by atoms with Crippen LogP contribution in [0.3, 0.4) is 0 Å². The number of carboxylic acids is 4. The number of aliphatic carboxylic acids is 4. The van der Waals surface area contributed by atoms with E-state index < -0.39 is 78.7 Å². The van der Waals surface area contributed by atoms with Crippen LogP contribution in [0.1, 0.15) is 72.4 Å². The molecular weight excluding hydrogens is 678 g/mol. The van der Waals surface area contributed by atoms with E-state index in [1.807, 2.05) is 27.7 Å². The van der Waals surface area contributed by atoms with Crippen LogP contribution < -0.4 is 40.1 Å². The molecule has 0 aliphatic heterocycles. The van der Waals surface area contributed by atoms with Crippen LogP contribution in [0.4, 0.5) is 0 Å². The van der Waals surface area contributed by atoms with Crippen molar-refractivity contribution in [3.8, 4) is 0 Å². The Kier molecular flexibility index (Phi) is 33.5. The molecule has 0 radical (unpaired) electrons. The average molecular weight is 740 g/mol. The molecule has 1 heterocycles. The fraction of sp³-hybridized carbons (Fsp3) is 0.700. The van der Waals surface area contributed by atoms with Crippen LogP contribution in [-0.4, -0.2) is 121 Å². The summed E-state index contributed by atoms with van der Waals surface area (Å²) in [6, 6.07) is -4.96. The first-order chi connectivity index (χ1) is 23.4. The molecule has 21 heteroatoms. The molecule has 1 aromatic heterocycles. The van der Waals surface area contributed by atoms with Crippen molar-refractivity contribution >= 4 is 35.8 Å². The number of hydrogen-bond donors (Lipinski definition) is 13. The first-order valence-corrected chi connectivity index (χ1v) is 15.9. The van der Waals surface area contributed by atoms with E-state index >= 15 is 0 Å². The van der Waals surface area contributed by atoms with Gasteiger partial charge in [-0.2, -0.15) is 0 Å². The number of H-pyrrole nitrogens is 1. The fourth-order valence-corrected chi connectivity index (χ4v) is 2.89. The van der Waals surface area contributed by atoms with E-state index in [0.29, 0.717) is 31.7 Å². The number of aromatic nitrogens is 2. The first-order valence-electron chi connectivity index (χ1n) is 15.9. The minimum atomic E-state index is -1.18. The number of aliphatic hydroxyl groups is 1. The van der Waals surface area contributed by atoms with Crippen LogP contribution in [-0.2, 0) is 39.9 Å². The van der Waals surface area contributed by atoms with E-state index in [0.717, 1.165) is 18.5 Å². The molecular formula is C30H61N9O12. The molecule has 20 N–H and O–H groups in total. The van der Waals surface area contributed by atoms with Gasteiger partial charge < -0.3 is 75.4 Å². The van der Waals surface area contributed by atoms with Crippen LogP contribution in [0.15, 0.2) is 12.5 Å². The minimum absolute atomic E-state index is 0.265. The molecule has 0 aliphatic rings. The Morgan fingerprint density at radius 2 is 1.12 bits per heavy atom. The highest BCUT2D eigenvalue weighted by atomic mass is 16.6. The summed E-state index contributed by atoms with van der Waals surface area (Å²) in [5.41, 5.74) is 37.3. The number of aliphatic hydroxyl groups excluding tert-OH is 1. The molecule has 1 aromatic rings. The molecule has 0 amide bonds. The third kappa shape index (κ3) is 35.5. The van der Waals surface area contributed by atoms with Crippen molar-refractivity contribution in [1.29, 1.82) is 0 Å². The SMILES string of the molecule is CC(C)C[C@@H](N)C(=O)OC(=O)[C@@H](N)CCCCN.CC(C)C[C@H](N)C(=O)O.C[C@@H](N)C(=O)O.N[C@@H](Cc1cnc[nH]1)C(=O)O.N[C@H](CO)C(=O)O. The number of nitrogens with two attached hydrogens (primary N) is 7. The maximum Gasteiger partial charge on any atom is 0.330 e. The van der Waals surface area contributed by atoms with Gasteiger partial charge in [0.15, 0.2) is 0 Å². The zero-order chi connectivity index (χ0) is 40.9. The molecule has 21 nitrogen and oxygen atoms in total. The topological polar surface area (TPSA) is 424 Å². The highest BCUT2D eigenvalue weighted by molar-refractivity contribution is 5.90. The third-order valence-electron chi connectivity index (χ3n) is 5.76. The summed E-state index contributed by atoms with van der Waals surface area (Å²) in [7, 11) is 0. The Labute approximate surface area is 297 Å². The highest BCUT2D eigenvalue weighted by Crippen LogP contribution is 2.06. The zero-order valence-electron chi connectivity index (χ0n) is 30.0. The van der Waals surface area contributed by atoms with Crippen molar-refractivity contribution in [3.05, 3.63) is 18.2 Å². The molecule has 0 spiro atoms. The summed E-state index contributed by atoms with van der Waals surface area (Å²) in [5.74, 6) is -4.85. The lowest BCUT2D eigenvalue weighted by atomic mass is 10.0. The maximum absolute atomic E-state index is 11.5. The van der Waals surface area contributed by atoms with Gasteiger partial charge in [0.05, 0.1) is 12.9 Å². The van der Waals surface area contributed by atoms with Crippen molar-refractivity contribution in [2.75, 3.05) is 13.2 Å². The van der Waals surface area contributed by atoms with E-state index in [2.05, 4.69) is 14.7 Å². The van der Waals surface area contributed by atoms with Crippen LogP contribution >= 0.6 is 0 Å². The number of nitrogens with zero attached hydrogens (tertiary/aromatic N) is 1. The number of aromatic amines is 1. The lowest BCUT2D eigenvalue weighted by Gasteiger charge is -2.14. The Morgan fingerprint density at radius 3 is 1.41 bits per heavy atom. The molecule has 0 unspecified atom stereocenters. The summed E-state index contributed by atoms with van der Waals surface area (Å²) in [6.45, 7) is 9.24. The van der Waals surface area contributed by atoms with Gasteiger partial charge in [-0.25, -0.2) is 14.6 Å². The number of nitrogens with one attached hydrogen (secondary N) is 1. The molecule has 6 atom stereocenters. The van der Waals surface area contributed by atoms with E-state index in [4.69, 9.17) is 65.7 Å². The van der Waals surface area contributed by atoms with Gasteiger partial charge in [0, 0.05) is 18.3 Å². The summed E-state index contributed by atoms with van der Waals surface area (Å²) in [6.07, 6.45) is 6.36. The second-order valence-corrected chi connectivity index (χ2v) is 11.9. The molecule has 1 rings (SSSR count). The van der Waals surface area contributed by atoms with Crippen molar-refractivity contribution in [2.45, 2.75) is 109 Å². The van der Waals surface area contributed by atoms with Gasteiger partial charge in [0.25, 0.3) is 0 Å². The largest absolute Gasteiger partial charge is 0.480 e. The van der Waals surface area contributed by atoms with Gasteiger partial charge in [-0.05, 0) is 51.0 Å². The summed E-state index contributed by atoms with van der Waals surface area (Å²) < 4.78 is 4.65. The van der Waals surface area contributed by atoms with Gasteiger partial charge in [0.1, 0.15) is 36.3 Å². The predicted octanol–water partition coefficient (Wildman–Crippen LogP) is -2.50. The van der Waals surface area contributed by atoms with Crippen molar-refractivity contribution < 1.29 is 59.0 Å². The monoisotopic (exact) mass is 739 g/mol. The number of rotatable bonds is 17. The third-order valence-corrected chi connectivity index (χ3v) is 5.76. The number of imidazole rings is 1. The molecule has 0 aliphatic carbocycles. The quantitative estimate of drug-likeness (QED) is 0.0446. The summed E-state index contributed by atoms with van der Waals surface area (Å²) in [4.78, 5) is 69.1. The number of carbonyl (C=O) groups is 6. The number of hydrogen-bond acceptors (Lipinski definition) is 16. The normalized spacial score (nSPS) is 13.7. The second-order valence-electron chi connectivity index (χ2n) is 11.9. The molecule has 0 bridgehead atoms. The van der Waals surface area contributed by atoms with Crippen LogP contribution in [0.5, 0.6) is 0 Å². The molecule has 0 fully saturated rings. The summed E-state index contributed by atoms with van der Waals surface area (Å²) in [5, 5.41) is 40.5. The first kappa shape index (κ1) is 53.7. The lowest BCUT2D eigenvalue weighted by molar-refractivity contribution is -0.162. The lowest BCUT2D eigenvalue weighted by Crippen LogP contribution is -2.40. The van der Waals surface area contributed by atoms with Crippen molar-refractivity contribution in [1.82, 2.24) is 9.97 Å². The van der Waals surface area contributed by atoms with E-state index in [1.165, 1.54) is 13.3 Å². The molecule has 298 valence electrons. The van der Waals surface area contributed by atoms with Gasteiger partial charge in [-0.1, -0.05) is 34.1 Å². The van der Waals surface area contributed by atoms with Crippen LogP contribution in [0, 0.1) is 11.8 Å². The number of unbranched alkanes of at least 4 members (excludes halogenated alkanes) is 1. The Bertz CT molecular complexity index is 1110. The van der Waals surface area contributed by atoms with Gasteiger partial charge in [-0.15, -0.1) is 0 Å². The van der Waals surface area contributed by atoms with E-state index in [1.54, 1.807) is 6.20 Å². The van der Waals surface area contributed by atoms with E-state index in [-0.39, 0.29) is 12.3 Å². The maximum atomic E-state index is 11.5. The Balaban J connectivity index is -0.000000289. The van der Waals surface area contributed by atoms with Gasteiger partial charge >= 0.3 is 35.8 Å². The molecule has 0 saturated heterocycles. The number of esters is 2. The molecule has 0 saturated carbocycles. The highest BCUT2D eigenvalue weighted by Gasteiger charge is 2.23. The fourth-order valence-electron chi connectivity index (χ4n) is 2.89.